The van der Waals surface area contributed by atoms with Crippen molar-refractivity contribution in [2.75, 3.05) is 20.1 Å². The van der Waals surface area contributed by atoms with Gasteiger partial charge in [-0.15, -0.1) is 23.7 Å². The van der Waals surface area contributed by atoms with E-state index >= 15 is 0 Å². The first-order valence-electron chi connectivity index (χ1n) is 7.78. The molecule has 2 aromatic heterocycles. The number of fused-ring (bicyclic) bond motifs is 1. The number of aromatic nitrogens is 2. The van der Waals surface area contributed by atoms with E-state index in [0.29, 0.717) is 16.4 Å². The first-order chi connectivity index (χ1) is 11.6. The van der Waals surface area contributed by atoms with Crippen molar-refractivity contribution in [1.29, 1.82) is 0 Å². The van der Waals surface area contributed by atoms with Gasteiger partial charge in [-0.05, 0) is 57.3 Å². The van der Waals surface area contributed by atoms with Crippen LogP contribution in [0.5, 0.6) is 0 Å². The van der Waals surface area contributed by atoms with Gasteiger partial charge < -0.3 is 10.6 Å². The van der Waals surface area contributed by atoms with Crippen molar-refractivity contribution in [2.24, 2.45) is 0 Å². The summed E-state index contributed by atoms with van der Waals surface area (Å²) in [6, 6.07) is 9.43. The molecule has 0 aliphatic carbocycles. The Hall–Kier alpha value is -1.60. The lowest BCUT2D eigenvalue weighted by Gasteiger charge is -2.03. The predicted octanol–water partition coefficient (Wildman–Crippen LogP) is 3.81. The fraction of sp³-hybridized carbons (Fsp3) is 0.294. The molecule has 0 aliphatic rings. The number of rotatable bonds is 6. The van der Waals surface area contributed by atoms with Crippen molar-refractivity contribution in [3.05, 3.63) is 45.9 Å². The second-order valence-corrected chi connectivity index (χ2v) is 6.98. The third-order valence-electron chi connectivity index (χ3n) is 3.73. The highest BCUT2D eigenvalue weighted by Gasteiger charge is 2.16. The zero-order valence-electron chi connectivity index (χ0n) is 14.0. The zero-order chi connectivity index (χ0) is 17.1. The van der Waals surface area contributed by atoms with Gasteiger partial charge in [-0.1, -0.05) is 11.6 Å². The highest BCUT2D eigenvalue weighted by molar-refractivity contribution is 7.20. The Bertz CT molecular complexity index is 858. The molecule has 5 nitrogen and oxygen atoms in total. The second-order valence-electron chi connectivity index (χ2n) is 5.52. The van der Waals surface area contributed by atoms with E-state index in [4.69, 9.17) is 11.6 Å². The van der Waals surface area contributed by atoms with Crippen LogP contribution in [0.2, 0.25) is 5.02 Å². The lowest BCUT2D eigenvalue weighted by Crippen LogP contribution is -2.25. The fourth-order valence-electron chi connectivity index (χ4n) is 2.47. The average molecular weight is 399 g/mol. The lowest BCUT2D eigenvalue weighted by atomic mass is 10.3. The first-order valence-corrected chi connectivity index (χ1v) is 8.97. The molecule has 0 saturated carbocycles. The molecular weight excluding hydrogens is 379 g/mol. The van der Waals surface area contributed by atoms with E-state index < -0.39 is 0 Å². The van der Waals surface area contributed by atoms with Crippen molar-refractivity contribution >= 4 is 51.5 Å². The number of halogens is 2. The molecule has 0 spiro atoms. The van der Waals surface area contributed by atoms with Gasteiger partial charge in [0.2, 0.25) is 0 Å². The zero-order valence-corrected chi connectivity index (χ0v) is 16.4. The van der Waals surface area contributed by atoms with Gasteiger partial charge in [-0.2, -0.15) is 5.10 Å². The highest BCUT2D eigenvalue weighted by Crippen LogP contribution is 2.30. The number of nitrogens with zero attached hydrogens (tertiary/aromatic N) is 2. The topological polar surface area (TPSA) is 58.9 Å². The molecule has 0 unspecified atom stereocenters. The Morgan fingerprint density at radius 2 is 2.00 bits per heavy atom. The number of hydrogen-bond acceptors (Lipinski definition) is 4. The van der Waals surface area contributed by atoms with Crippen molar-refractivity contribution in [3.63, 3.8) is 0 Å². The van der Waals surface area contributed by atoms with Crippen molar-refractivity contribution in [3.8, 4) is 5.69 Å². The largest absolute Gasteiger partial charge is 0.351 e. The molecule has 2 heterocycles. The molecule has 3 rings (SSSR count). The fourth-order valence-corrected chi connectivity index (χ4v) is 3.70. The maximum atomic E-state index is 12.3. The predicted molar refractivity (Wildman–Crippen MR) is 107 cm³/mol. The van der Waals surface area contributed by atoms with Crippen LogP contribution < -0.4 is 10.6 Å². The number of aryl methyl sites for hydroxylation is 1. The van der Waals surface area contributed by atoms with Crippen LogP contribution in [0.3, 0.4) is 0 Å². The Morgan fingerprint density at radius 1 is 1.28 bits per heavy atom. The van der Waals surface area contributed by atoms with E-state index in [0.717, 1.165) is 34.6 Å². The van der Waals surface area contributed by atoms with Crippen LogP contribution in [0.1, 0.15) is 21.8 Å². The third-order valence-corrected chi connectivity index (χ3v) is 5.09. The summed E-state index contributed by atoms with van der Waals surface area (Å²) < 4.78 is 1.86. The van der Waals surface area contributed by atoms with Gasteiger partial charge in [0.25, 0.3) is 5.91 Å². The standard InChI is InChI=1S/C17H19ClN4OS.ClH/c1-11-14-10-15(16(23)20-9-3-8-19-2)24-17(14)22(21-11)13-6-4-12(18)5-7-13;/h4-7,10,19H,3,8-9H2,1-2H3,(H,20,23);1H. The smallest absolute Gasteiger partial charge is 0.261 e. The van der Waals surface area contributed by atoms with E-state index in [9.17, 15) is 4.79 Å². The molecule has 25 heavy (non-hydrogen) atoms. The van der Waals surface area contributed by atoms with Gasteiger partial charge in [-0.3, -0.25) is 4.79 Å². The molecule has 3 aromatic rings. The Morgan fingerprint density at radius 3 is 2.68 bits per heavy atom. The van der Waals surface area contributed by atoms with Gasteiger partial charge in [0.1, 0.15) is 4.83 Å². The minimum Gasteiger partial charge on any atom is -0.351 e. The number of carbonyl (C=O) groups excluding carboxylic acids is 1. The Balaban J connectivity index is 0.00000225. The van der Waals surface area contributed by atoms with Crippen LogP contribution in [0, 0.1) is 6.92 Å². The molecule has 2 N–H and O–H groups in total. The molecule has 0 atom stereocenters. The van der Waals surface area contributed by atoms with E-state index in [1.54, 1.807) is 0 Å². The van der Waals surface area contributed by atoms with Crippen LogP contribution in [0.15, 0.2) is 30.3 Å². The van der Waals surface area contributed by atoms with Crippen LogP contribution in [-0.2, 0) is 0 Å². The number of benzene rings is 1. The average Bonchev–Trinajstić information content (AvgIpc) is 3.13. The van der Waals surface area contributed by atoms with E-state index in [1.807, 2.05) is 49.0 Å². The Labute approximate surface area is 161 Å². The summed E-state index contributed by atoms with van der Waals surface area (Å²) in [6.07, 6.45) is 0.907. The number of hydrogen-bond donors (Lipinski definition) is 2. The summed E-state index contributed by atoms with van der Waals surface area (Å²) in [5.41, 5.74) is 1.84. The van der Waals surface area contributed by atoms with Crippen molar-refractivity contribution in [1.82, 2.24) is 20.4 Å². The van der Waals surface area contributed by atoms with Crippen LogP contribution in [0.25, 0.3) is 15.9 Å². The molecule has 0 saturated heterocycles. The van der Waals surface area contributed by atoms with Crippen LogP contribution >= 0.6 is 35.3 Å². The molecule has 1 aromatic carbocycles. The summed E-state index contributed by atoms with van der Waals surface area (Å²) in [5.74, 6) is -0.0330. The van der Waals surface area contributed by atoms with Crippen LogP contribution in [-0.4, -0.2) is 35.8 Å². The first kappa shape index (κ1) is 19.7. The summed E-state index contributed by atoms with van der Waals surface area (Å²) in [4.78, 5) is 14.0. The van der Waals surface area contributed by atoms with Crippen molar-refractivity contribution in [2.45, 2.75) is 13.3 Å². The molecule has 8 heteroatoms. The van der Waals surface area contributed by atoms with Gasteiger partial charge in [-0.25, -0.2) is 4.68 Å². The minimum absolute atomic E-state index is 0. The van der Waals surface area contributed by atoms with Gasteiger partial charge in [0.15, 0.2) is 0 Å². The van der Waals surface area contributed by atoms with Crippen molar-refractivity contribution < 1.29 is 4.79 Å². The summed E-state index contributed by atoms with van der Waals surface area (Å²) in [7, 11) is 1.90. The molecule has 0 bridgehead atoms. The summed E-state index contributed by atoms with van der Waals surface area (Å²) in [6.45, 7) is 3.50. The Kier molecular flexibility index (Phi) is 6.84. The molecule has 0 fully saturated rings. The second kappa shape index (κ2) is 8.67. The monoisotopic (exact) mass is 398 g/mol. The maximum Gasteiger partial charge on any atom is 0.261 e. The van der Waals surface area contributed by atoms with E-state index in [2.05, 4.69) is 15.7 Å². The maximum absolute atomic E-state index is 12.3. The molecular formula is C17H20Cl2N4OS. The van der Waals surface area contributed by atoms with E-state index in [-0.39, 0.29) is 18.3 Å². The summed E-state index contributed by atoms with van der Waals surface area (Å²) in [5, 5.41) is 12.3. The highest BCUT2D eigenvalue weighted by atomic mass is 35.5. The third kappa shape index (κ3) is 4.33. The number of thiophene rings is 1. The molecule has 0 aliphatic heterocycles. The van der Waals surface area contributed by atoms with Gasteiger partial charge >= 0.3 is 0 Å². The normalized spacial score (nSPS) is 10.7. The number of nitrogens with one attached hydrogen (secondary N) is 2. The van der Waals surface area contributed by atoms with Gasteiger partial charge in [0.05, 0.1) is 16.3 Å². The molecule has 1 amide bonds. The van der Waals surface area contributed by atoms with E-state index in [1.165, 1.54) is 11.3 Å². The minimum atomic E-state index is -0.0330. The molecule has 0 radical (unpaired) electrons. The van der Waals surface area contributed by atoms with Crippen LogP contribution in [0.4, 0.5) is 0 Å². The SMILES string of the molecule is CNCCCNC(=O)c1cc2c(C)nn(-c3ccc(Cl)cc3)c2s1.Cl. The summed E-state index contributed by atoms with van der Waals surface area (Å²) >= 11 is 7.41. The molecule has 134 valence electrons. The number of carbonyl (C=O) groups is 1. The number of amides is 1. The quantitative estimate of drug-likeness (QED) is 0.620. The van der Waals surface area contributed by atoms with Gasteiger partial charge in [0, 0.05) is 17.0 Å². The lowest BCUT2D eigenvalue weighted by molar-refractivity contribution is 0.0957.